The molecule has 27 heavy (non-hydrogen) atoms. The Balaban J connectivity index is 1.36. The number of carbonyl (C=O) groups is 1. The van der Waals surface area contributed by atoms with Gasteiger partial charge in [0, 0.05) is 37.6 Å². The molecule has 6 heteroatoms. The van der Waals surface area contributed by atoms with Gasteiger partial charge in [-0.2, -0.15) is 0 Å². The minimum Gasteiger partial charge on any atom is -0.379 e. The van der Waals surface area contributed by atoms with Gasteiger partial charge in [0.05, 0.1) is 24.8 Å². The molecule has 2 fully saturated rings. The number of ether oxygens (including phenoxy) is 1. The summed E-state index contributed by atoms with van der Waals surface area (Å²) in [4.78, 5) is 23.0. The molecule has 4 heterocycles. The standard InChI is InChI=1S/C21H26N4O2/c26-21(25-10-2-1-3-11-25)17-4-5-20(23-13-17)24-19-15-27-14-18(19)12-16-6-8-22-9-7-16/h4-9,13,18-19H,1-3,10-12,14-15H2,(H,23,24)/t18-,19+/m1/s1. The van der Waals surface area contributed by atoms with Gasteiger partial charge in [-0.25, -0.2) is 4.98 Å². The third-order valence-corrected chi connectivity index (χ3v) is 5.43. The van der Waals surface area contributed by atoms with E-state index in [-0.39, 0.29) is 11.9 Å². The molecule has 1 amide bonds. The first-order chi connectivity index (χ1) is 13.3. The largest absolute Gasteiger partial charge is 0.379 e. The Hall–Kier alpha value is -2.47. The van der Waals surface area contributed by atoms with E-state index in [0.717, 1.165) is 44.8 Å². The first kappa shape index (κ1) is 17.9. The van der Waals surface area contributed by atoms with Crippen molar-refractivity contribution in [1.29, 1.82) is 0 Å². The number of pyridine rings is 2. The highest BCUT2D eigenvalue weighted by atomic mass is 16.5. The minimum absolute atomic E-state index is 0.0912. The Kier molecular flexibility index (Phi) is 5.63. The second-order valence-electron chi connectivity index (χ2n) is 7.39. The molecular formula is C21H26N4O2. The molecule has 0 unspecified atom stereocenters. The molecule has 1 N–H and O–H groups in total. The predicted octanol–water partition coefficient (Wildman–Crippen LogP) is 2.77. The number of aromatic nitrogens is 2. The van der Waals surface area contributed by atoms with Crippen LogP contribution in [0.3, 0.4) is 0 Å². The van der Waals surface area contributed by atoms with Crippen LogP contribution in [0.4, 0.5) is 5.82 Å². The molecule has 2 aliphatic rings. The quantitative estimate of drug-likeness (QED) is 0.881. The van der Waals surface area contributed by atoms with Crippen LogP contribution in [0.5, 0.6) is 0 Å². The zero-order valence-corrected chi connectivity index (χ0v) is 15.5. The summed E-state index contributed by atoms with van der Waals surface area (Å²) < 4.78 is 5.69. The molecule has 4 rings (SSSR count). The number of nitrogens with one attached hydrogen (secondary N) is 1. The molecule has 2 aliphatic heterocycles. The van der Waals surface area contributed by atoms with Crippen LogP contribution in [0.15, 0.2) is 42.9 Å². The van der Waals surface area contributed by atoms with Crippen LogP contribution >= 0.6 is 0 Å². The molecule has 6 nitrogen and oxygen atoms in total. The van der Waals surface area contributed by atoms with Gasteiger partial charge >= 0.3 is 0 Å². The summed E-state index contributed by atoms with van der Waals surface area (Å²) in [5.74, 6) is 1.28. The third-order valence-electron chi connectivity index (χ3n) is 5.43. The SMILES string of the molecule is O=C(c1ccc(N[C@H]2COC[C@H]2Cc2ccncc2)nc1)N1CCCCC1. The van der Waals surface area contributed by atoms with E-state index in [1.54, 1.807) is 6.20 Å². The first-order valence-electron chi connectivity index (χ1n) is 9.78. The van der Waals surface area contributed by atoms with Crippen LogP contribution < -0.4 is 5.32 Å². The maximum Gasteiger partial charge on any atom is 0.255 e. The molecule has 2 saturated heterocycles. The van der Waals surface area contributed by atoms with Gasteiger partial charge in [0.15, 0.2) is 0 Å². The average molecular weight is 366 g/mol. The van der Waals surface area contributed by atoms with Gasteiger partial charge in [-0.3, -0.25) is 9.78 Å². The summed E-state index contributed by atoms with van der Waals surface area (Å²) in [6, 6.07) is 8.09. The van der Waals surface area contributed by atoms with Crippen molar-refractivity contribution in [2.75, 3.05) is 31.6 Å². The number of anilines is 1. The number of likely N-dealkylation sites (tertiary alicyclic amines) is 1. The van der Waals surface area contributed by atoms with Crippen LogP contribution in [0, 0.1) is 5.92 Å². The normalized spacial score (nSPS) is 22.6. The van der Waals surface area contributed by atoms with E-state index in [1.165, 1.54) is 12.0 Å². The highest BCUT2D eigenvalue weighted by Gasteiger charge is 2.28. The van der Waals surface area contributed by atoms with Crippen LogP contribution in [0.2, 0.25) is 0 Å². The second-order valence-corrected chi connectivity index (χ2v) is 7.39. The third kappa shape index (κ3) is 4.45. The molecule has 2 aromatic rings. The zero-order chi connectivity index (χ0) is 18.5. The van der Waals surface area contributed by atoms with E-state index >= 15 is 0 Å². The van der Waals surface area contributed by atoms with Gasteiger partial charge < -0.3 is 15.0 Å². The number of hydrogen-bond donors (Lipinski definition) is 1. The lowest BCUT2D eigenvalue weighted by atomic mass is 9.95. The maximum absolute atomic E-state index is 12.6. The van der Waals surface area contributed by atoms with E-state index in [0.29, 0.717) is 18.1 Å². The molecule has 0 saturated carbocycles. The Morgan fingerprint density at radius 2 is 1.93 bits per heavy atom. The van der Waals surface area contributed by atoms with Crippen LogP contribution in [-0.2, 0) is 11.2 Å². The number of amides is 1. The van der Waals surface area contributed by atoms with Crippen molar-refractivity contribution in [3.63, 3.8) is 0 Å². The molecule has 2 aromatic heterocycles. The summed E-state index contributed by atoms with van der Waals surface area (Å²) in [5, 5.41) is 3.48. The Morgan fingerprint density at radius 1 is 1.11 bits per heavy atom. The van der Waals surface area contributed by atoms with Crippen molar-refractivity contribution in [2.24, 2.45) is 5.92 Å². The van der Waals surface area contributed by atoms with Gasteiger partial charge in [0.2, 0.25) is 0 Å². The summed E-state index contributed by atoms with van der Waals surface area (Å²) in [7, 11) is 0. The molecule has 142 valence electrons. The molecule has 0 bridgehead atoms. The van der Waals surface area contributed by atoms with E-state index in [4.69, 9.17) is 4.74 Å². The predicted molar refractivity (Wildman–Crippen MR) is 104 cm³/mol. The van der Waals surface area contributed by atoms with E-state index in [9.17, 15) is 4.79 Å². The molecule has 0 aromatic carbocycles. The minimum atomic E-state index is 0.0912. The summed E-state index contributed by atoms with van der Waals surface area (Å²) in [6.07, 6.45) is 9.70. The fourth-order valence-corrected chi connectivity index (χ4v) is 3.86. The van der Waals surface area contributed by atoms with Crippen molar-refractivity contribution in [2.45, 2.75) is 31.7 Å². The van der Waals surface area contributed by atoms with Crippen LogP contribution in [0.1, 0.15) is 35.2 Å². The van der Waals surface area contributed by atoms with Crippen LogP contribution in [-0.4, -0.2) is 53.1 Å². The number of hydrogen-bond acceptors (Lipinski definition) is 5. The summed E-state index contributed by atoms with van der Waals surface area (Å²) in [6.45, 7) is 3.13. The Bertz CT molecular complexity index is 745. The van der Waals surface area contributed by atoms with Crippen molar-refractivity contribution in [3.8, 4) is 0 Å². The second kappa shape index (κ2) is 8.48. The summed E-state index contributed by atoms with van der Waals surface area (Å²) >= 11 is 0. The lowest BCUT2D eigenvalue weighted by molar-refractivity contribution is 0.0724. The first-order valence-corrected chi connectivity index (χ1v) is 9.78. The molecule has 0 aliphatic carbocycles. The highest BCUT2D eigenvalue weighted by molar-refractivity contribution is 5.94. The lowest BCUT2D eigenvalue weighted by Gasteiger charge is -2.26. The number of carbonyl (C=O) groups excluding carboxylic acids is 1. The fraction of sp³-hybridized carbons (Fsp3) is 0.476. The molecule has 2 atom stereocenters. The van der Waals surface area contributed by atoms with Gasteiger partial charge in [0.25, 0.3) is 5.91 Å². The smallest absolute Gasteiger partial charge is 0.255 e. The maximum atomic E-state index is 12.6. The van der Waals surface area contributed by atoms with E-state index < -0.39 is 0 Å². The summed E-state index contributed by atoms with van der Waals surface area (Å²) in [5.41, 5.74) is 1.93. The van der Waals surface area contributed by atoms with Crippen LogP contribution in [0.25, 0.3) is 0 Å². The molecule has 0 spiro atoms. The monoisotopic (exact) mass is 366 g/mol. The Morgan fingerprint density at radius 3 is 2.67 bits per heavy atom. The van der Waals surface area contributed by atoms with Crippen molar-refractivity contribution < 1.29 is 9.53 Å². The van der Waals surface area contributed by atoms with E-state index in [2.05, 4.69) is 27.4 Å². The van der Waals surface area contributed by atoms with Crippen molar-refractivity contribution in [1.82, 2.24) is 14.9 Å². The highest BCUT2D eigenvalue weighted by Crippen LogP contribution is 2.22. The number of nitrogens with zero attached hydrogens (tertiary/aromatic N) is 3. The zero-order valence-electron chi connectivity index (χ0n) is 15.5. The van der Waals surface area contributed by atoms with Gasteiger partial charge in [-0.15, -0.1) is 0 Å². The van der Waals surface area contributed by atoms with Gasteiger partial charge in [0.1, 0.15) is 5.82 Å². The lowest BCUT2D eigenvalue weighted by Crippen LogP contribution is -2.35. The van der Waals surface area contributed by atoms with E-state index in [1.807, 2.05) is 29.4 Å². The van der Waals surface area contributed by atoms with Gasteiger partial charge in [-0.1, -0.05) is 0 Å². The molecule has 0 radical (unpaired) electrons. The number of rotatable bonds is 5. The Labute approximate surface area is 160 Å². The number of piperidine rings is 1. The van der Waals surface area contributed by atoms with Crippen molar-refractivity contribution >= 4 is 11.7 Å². The van der Waals surface area contributed by atoms with Gasteiger partial charge in [-0.05, 0) is 55.5 Å². The average Bonchev–Trinajstić information content (AvgIpc) is 3.16. The topological polar surface area (TPSA) is 67.3 Å². The fourth-order valence-electron chi connectivity index (χ4n) is 3.86. The molecular weight excluding hydrogens is 340 g/mol. The van der Waals surface area contributed by atoms with Crippen molar-refractivity contribution in [3.05, 3.63) is 54.0 Å².